The normalized spacial score (nSPS) is 12.3. The van der Waals surface area contributed by atoms with Gasteiger partial charge in [0, 0.05) is 12.0 Å². The third-order valence-corrected chi connectivity index (χ3v) is 3.18. The molecule has 0 aliphatic rings. The van der Waals surface area contributed by atoms with Crippen LogP contribution in [0.25, 0.3) is 11.0 Å². The lowest BCUT2D eigenvalue weighted by Gasteiger charge is -2.09. The average molecular weight is 286 g/mol. The molecule has 1 aromatic carbocycles. The van der Waals surface area contributed by atoms with Crippen molar-refractivity contribution in [1.82, 2.24) is 0 Å². The number of rotatable bonds is 5. The largest absolute Gasteiger partial charge is 0.524 e. The van der Waals surface area contributed by atoms with E-state index < -0.39 is 7.82 Å². The third-order valence-electron chi connectivity index (χ3n) is 2.75. The topological polar surface area (TPSA) is 84.3 Å². The van der Waals surface area contributed by atoms with E-state index in [1.807, 2.05) is 14.1 Å². The van der Waals surface area contributed by atoms with Crippen LogP contribution in [0.3, 0.4) is 0 Å². The molecular formula is C12H17NO5P+. The van der Waals surface area contributed by atoms with Gasteiger partial charge in [0.1, 0.15) is 11.3 Å². The van der Waals surface area contributed by atoms with Crippen molar-refractivity contribution in [2.45, 2.75) is 6.42 Å². The second-order valence-electron chi connectivity index (χ2n) is 4.68. The first-order chi connectivity index (χ1) is 8.87. The van der Waals surface area contributed by atoms with Gasteiger partial charge in [-0.15, -0.1) is 0 Å². The van der Waals surface area contributed by atoms with Crippen molar-refractivity contribution in [1.29, 1.82) is 0 Å². The molecule has 0 aliphatic carbocycles. The maximum absolute atomic E-state index is 11.0. The molecule has 0 amide bonds. The second kappa shape index (κ2) is 5.35. The van der Waals surface area contributed by atoms with Crippen molar-refractivity contribution in [3.05, 3.63) is 30.0 Å². The molecule has 0 saturated carbocycles. The van der Waals surface area contributed by atoms with E-state index >= 15 is 0 Å². The minimum absolute atomic E-state index is 0.156. The molecule has 0 bridgehead atoms. The van der Waals surface area contributed by atoms with E-state index in [1.165, 1.54) is 11.0 Å². The smallest absolute Gasteiger partial charge is 0.464 e. The Morgan fingerprint density at radius 2 is 2.11 bits per heavy atom. The minimum Gasteiger partial charge on any atom is -0.464 e. The fourth-order valence-corrected chi connectivity index (χ4v) is 2.30. The molecular weight excluding hydrogens is 269 g/mol. The summed E-state index contributed by atoms with van der Waals surface area (Å²) in [5.41, 5.74) is 1.45. The van der Waals surface area contributed by atoms with Gasteiger partial charge in [-0.2, -0.15) is 0 Å². The van der Waals surface area contributed by atoms with E-state index in [0.29, 0.717) is 11.0 Å². The highest BCUT2D eigenvalue weighted by Gasteiger charge is 2.20. The molecule has 0 atom stereocenters. The number of benzene rings is 1. The average Bonchev–Trinajstić information content (AvgIpc) is 2.68. The summed E-state index contributed by atoms with van der Waals surface area (Å²) in [4.78, 5) is 19.1. The number of phosphoric ester groups is 1. The van der Waals surface area contributed by atoms with Gasteiger partial charge in [-0.05, 0) is 12.1 Å². The summed E-state index contributed by atoms with van der Waals surface area (Å²) in [7, 11) is -0.498. The van der Waals surface area contributed by atoms with Gasteiger partial charge in [0.05, 0.1) is 32.3 Å². The highest BCUT2D eigenvalue weighted by atomic mass is 31.2. The summed E-state index contributed by atoms with van der Waals surface area (Å²) in [6.07, 6.45) is 2.36. The van der Waals surface area contributed by atoms with E-state index in [0.717, 1.165) is 18.5 Å². The van der Waals surface area contributed by atoms with Crippen molar-refractivity contribution in [2.75, 3.05) is 20.6 Å². The molecule has 6 nitrogen and oxygen atoms in total. The first-order valence-electron chi connectivity index (χ1n) is 5.90. The highest BCUT2D eigenvalue weighted by molar-refractivity contribution is 7.46. The Hall–Kier alpha value is -1.33. The first-order valence-corrected chi connectivity index (χ1v) is 7.43. The highest BCUT2D eigenvalue weighted by Crippen LogP contribution is 2.42. The van der Waals surface area contributed by atoms with E-state index in [2.05, 4.69) is 0 Å². The zero-order valence-electron chi connectivity index (χ0n) is 10.8. The summed E-state index contributed by atoms with van der Waals surface area (Å²) in [6.45, 7) is 0.888. The van der Waals surface area contributed by atoms with Crippen molar-refractivity contribution < 1.29 is 28.2 Å². The third kappa shape index (κ3) is 3.58. The van der Waals surface area contributed by atoms with Crippen molar-refractivity contribution >= 4 is 18.8 Å². The van der Waals surface area contributed by atoms with Gasteiger partial charge in [0.2, 0.25) is 0 Å². The van der Waals surface area contributed by atoms with Crippen LogP contribution in [0.1, 0.15) is 5.56 Å². The lowest BCUT2D eigenvalue weighted by molar-refractivity contribution is -0.858. The molecule has 2 rings (SSSR count). The van der Waals surface area contributed by atoms with Gasteiger partial charge >= 0.3 is 7.82 Å². The number of quaternary nitrogens is 1. The molecule has 0 aliphatic heterocycles. The lowest BCUT2D eigenvalue weighted by atomic mass is 10.1. The molecule has 1 heterocycles. The molecule has 0 radical (unpaired) electrons. The van der Waals surface area contributed by atoms with Gasteiger partial charge < -0.3 is 13.8 Å². The Bertz CT molecular complexity index is 616. The molecule has 0 unspecified atom stereocenters. The summed E-state index contributed by atoms with van der Waals surface area (Å²) in [5.74, 6) is 0.156. The Morgan fingerprint density at radius 3 is 2.74 bits per heavy atom. The van der Waals surface area contributed by atoms with Crippen LogP contribution in [0.5, 0.6) is 5.75 Å². The Labute approximate surface area is 110 Å². The maximum Gasteiger partial charge on any atom is 0.524 e. The van der Waals surface area contributed by atoms with Gasteiger partial charge in [-0.25, -0.2) is 4.57 Å². The lowest BCUT2D eigenvalue weighted by Crippen LogP contribution is -3.05. The molecule has 1 aromatic heterocycles. The van der Waals surface area contributed by atoms with Crippen LogP contribution in [0, 0.1) is 0 Å². The van der Waals surface area contributed by atoms with Crippen molar-refractivity contribution in [2.24, 2.45) is 0 Å². The molecule has 0 saturated heterocycles. The summed E-state index contributed by atoms with van der Waals surface area (Å²) in [5, 5.41) is 0.632. The Kier molecular flexibility index (Phi) is 3.96. The van der Waals surface area contributed by atoms with E-state index in [-0.39, 0.29) is 5.75 Å². The summed E-state index contributed by atoms with van der Waals surface area (Å²) < 4.78 is 21.1. The zero-order valence-corrected chi connectivity index (χ0v) is 11.7. The summed E-state index contributed by atoms with van der Waals surface area (Å²) in [6, 6.07) is 4.91. The van der Waals surface area contributed by atoms with E-state index in [9.17, 15) is 4.57 Å². The number of furan rings is 1. The van der Waals surface area contributed by atoms with E-state index in [1.54, 1.807) is 18.4 Å². The van der Waals surface area contributed by atoms with Gasteiger partial charge in [0.15, 0.2) is 0 Å². The molecule has 0 spiro atoms. The van der Waals surface area contributed by atoms with Gasteiger partial charge in [-0.1, -0.05) is 6.07 Å². The molecule has 2 aromatic rings. The Balaban J connectivity index is 2.40. The fraction of sp³-hybridized carbons (Fsp3) is 0.333. The molecule has 104 valence electrons. The number of nitrogens with one attached hydrogen (secondary N) is 1. The quantitative estimate of drug-likeness (QED) is 0.701. The van der Waals surface area contributed by atoms with E-state index in [4.69, 9.17) is 18.7 Å². The Morgan fingerprint density at radius 1 is 1.37 bits per heavy atom. The number of phosphoric acid groups is 1. The molecule has 7 heteroatoms. The monoisotopic (exact) mass is 286 g/mol. The second-order valence-corrected chi connectivity index (χ2v) is 5.84. The van der Waals surface area contributed by atoms with Crippen molar-refractivity contribution in [3.8, 4) is 5.75 Å². The van der Waals surface area contributed by atoms with Crippen LogP contribution >= 0.6 is 7.82 Å². The molecule has 3 N–H and O–H groups in total. The van der Waals surface area contributed by atoms with Crippen LogP contribution in [0.2, 0.25) is 0 Å². The first kappa shape index (κ1) is 14.1. The summed E-state index contributed by atoms with van der Waals surface area (Å²) >= 11 is 0. The number of hydrogen-bond donors (Lipinski definition) is 3. The van der Waals surface area contributed by atoms with Crippen LogP contribution < -0.4 is 9.42 Å². The SMILES string of the molecule is C[NH+](C)CCc1coc2cccc(OP(=O)(O)O)c12. The van der Waals surface area contributed by atoms with Crippen LogP contribution in [-0.4, -0.2) is 30.4 Å². The number of likely N-dealkylation sites (N-methyl/N-ethyl adjacent to an activating group) is 1. The number of fused-ring (bicyclic) bond motifs is 1. The predicted molar refractivity (Wildman–Crippen MR) is 70.3 cm³/mol. The minimum atomic E-state index is -4.57. The molecule has 19 heavy (non-hydrogen) atoms. The number of hydrogen-bond acceptors (Lipinski definition) is 3. The predicted octanol–water partition coefficient (Wildman–Crippen LogP) is 0.591. The maximum atomic E-state index is 11.0. The van der Waals surface area contributed by atoms with Gasteiger partial charge in [-0.3, -0.25) is 9.79 Å². The van der Waals surface area contributed by atoms with Gasteiger partial charge in [0.25, 0.3) is 0 Å². The van der Waals surface area contributed by atoms with Crippen LogP contribution in [0.15, 0.2) is 28.9 Å². The van der Waals surface area contributed by atoms with Crippen LogP contribution in [-0.2, 0) is 11.0 Å². The fourth-order valence-electron chi connectivity index (χ4n) is 1.89. The zero-order chi connectivity index (χ0) is 14.0. The standard InChI is InChI=1S/C12H16NO5P/c1-13(2)7-6-9-8-17-10-4-3-5-11(12(9)10)18-19(14,15)16/h3-5,8H,6-7H2,1-2H3,(H2,14,15,16)/p+1. The molecule has 0 fully saturated rings. The van der Waals surface area contributed by atoms with Crippen molar-refractivity contribution in [3.63, 3.8) is 0 Å². The van der Waals surface area contributed by atoms with Crippen LogP contribution in [0.4, 0.5) is 0 Å².